The van der Waals surface area contributed by atoms with Crippen LogP contribution in [0.3, 0.4) is 0 Å². The fraction of sp³-hybridized carbons (Fsp3) is 0.286. The molecule has 0 aliphatic heterocycles. The average molecular weight is 396 g/mol. The van der Waals surface area contributed by atoms with Gasteiger partial charge in [0.15, 0.2) is 11.5 Å². The average Bonchev–Trinajstić information content (AvgIpc) is 3.04. The third kappa shape index (κ3) is 4.66. The Morgan fingerprint density at radius 2 is 1.97 bits per heavy atom. The van der Waals surface area contributed by atoms with Gasteiger partial charge in [0.05, 0.1) is 30.3 Å². The van der Waals surface area contributed by atoms with Gasteiger partial charge >= 0.3 is 0 Å². The second kappa shape index (κ2) is 8.64. The van der Waals surface area contributed by atoms with Crippen molar-refractivity contribution in [3.63, 3.8) is 0 Å². The number of ether oxygens (including phenoxy) is 2. The number of amides is 1. The monoisotopic (exact) mass is 396 g/mol. The van der Waals surface area contributed by atoms with E-state index < -0.39 is 0 Å². The van der Waals surface area contributed by atoms with Crippen LogP contribution in [0.5, 0.6) is 11.5 Å². The molecule has 1 amide bonds. The minimum absolute atomic E-state index is 0.264. The van der Waals surface area contributed by atoms with Crippen molar-refractivity contribution < 1.29 is 18.8 Å². The molecule has 0 atom stereocenters. The molecule has 3 aromatic rings. The van der Waals surface area contributed by atoms with Gasteiger partial charge in [-0.05, 0) is 44.2 Å². The maximum atomic E-state index is 12.6. The smallest absolute Gasteiger partial charge is 0.255 e. The summed E-state index contributed by atoms with van der Waals surface area (Å²) in [5.41, 5.74) is 2.73. The van der Waals surface area contributed by atoms with Crippen LogP contribution in [-0.4, -0.2) is 37.3 Å². The van der Waals surface area contributed by atoms with Gasteiger partial charge in [0, 0.05) is 19.7 Å². The summed E-state index contributed by atoms with van der Waals surface area (Å²) < 4.78 is 16.4. The van der Waals surface area contributed by atoms with E-state index in [0.29, 0.717) is 35.1 Å². The molecule has 0 bridgehead atoms. The Morgan fingerprint density at radius 1 is 1.17 bits per heavy atom. The van der Waals surface area contributed by atoms with Crippen LogP contribution in [0.4, 0.5) is 11.5 Å². The van der Waals surface area contributed by atoms with Crippen molar-refractivity contribution in [1.29, 1.82) is 0 Å². The highest BCUT2D eigenvalue weighted by Crippen LogP contribution is 2.30. The Bertz CT molecular complexity index is 977. The highest BCUT2D eigenvalue weighted by atomic mass is 16.5. The fourth-order valence-corrected chi connectivity index (χ4v) is 2.71. The van der Waals surface area contributed by atoms with Crippen molar-refractivity contribution in [1.82, 2.24) is 10.1 Å². The van der Waals surface area contributed by atoms with Crippen LogP contribution in [0.1, 0.15) is 27.4 Å². The van der Waals surface area contributed by atoms with Crippen LogP contribution in [0.2, 0.25) is 0 Å². The van der Waals surface area contributed by atoms with E-state index in [4.69, 9.17) is 14.0 Å². The van der Waals surface area contributed by atoms with E-state index in [9.17, 15) is 4.79 Å². The summed E-state index contributed by atoms with van der Waals surface area (Å²) >= 11 is 0. The molecule has 0 saturated heterocycles. The van der Waals surface area contributed by atoms with Crippen molar-refractivity contribution in [2.45, 2.75) is 20.5 Å². The Kier molecular flexibility index (Phi) is 6.01. The molecular formula is C21H24N4O4. The topological polar surface area (TPSA) is 89.7 Å². The van der Waals surface area contributed by atoms with Gasteiger partial charge in [-0.1, -0.05) is 5.16 Å². The molecule has 152 valence electrons. The Balaban J connectivity index is 1.71. The van der Waals surface area contributed by atoms with E-state index in [0.717, 1.165) is 17.1 Å². The molecular weight excluding hydrogens is 372 g/mol. The third-order valence-electron chi connectivity index (χ3n) is 4.44. The molecule has 8 heteroatoms. The first-order valence-electron chi connectivity index (χ1n) is 9.06. The molecule has 0 aliphatic rings. The maximum absolute atomic E-state index is 12.6. The summed E-state index contributed by atoms with van der Waals surface area (Å²) in [7, 11) is 5.34. The maximum Gasteiger partial charge on any atom is 0.255 e. The van der Waals surface area contributed by atoms with Crippen molar-refractivity contribution in [2.24, 2.45) is 0 Å². The largest absolute Gasteiger partial charge is 0.493 e. The van der Waals surface area contributed by atoms with Crippen LogP contribution in [0.15, 0.2) is 41.1 Å². The van der Waals surface area contributed by atoms with E-state index in [-0.39, 0.29) is 5.91 Å². The number of rotatable bonds is 7. The number of anilines is 2. The molecule has 1 aromatic carbocycles. The van der Waals surface area contributed by atoms with Crippen molar-refractivity contribution in [3.8, 4) is 11.5 Å². The molecule has 2 aromatic heterocycles. The van der Waals surface area contributed by atoms with Crippen molar-refractivity contribution in [3.05, 3.63) is 59.1 Å². The number of nitrogens with zero attached hydrogens (tertiary/aromatic N) is 3. The zero-order valence-electron chi connectivity index (χ0n) is 17.1. The summed E-state index contributed by atoms with van der Waals surface area (Å²) in [5, 5.41) is 6.74. The van der Waals surface area contributed by atoms with Gasteiger partial charge in [0.2, 0.25) is 0 Å². The molecule has 0 fully saturated rings. The minimum Gasteiger partial charge on any atom is -0.493 e. The first kappa shape index (κ1) is 20.2. The summed E-state index contributed by atoms with van der Waals surface area (Å²) in [4.78, 5) is 18.8. The second-order valence-corrected chi connectivity index (χ2v) is 6.71. The van der Waals surface area contributed by atoms with Gasteiger partial charge in [-0.3, -0.25) is 4.79 Å². The van der Waals surface area contributed by atoms with Crippen LogP contribution in [-0.2, 0) is 6.61 Å². The number of aromatic nitrogens is 2. The highest BCUT2D eigenvalue weighted by molar-refractivity contribution is 6.04. The van der Waals surface area contributed by atoms with Gasteiger partial charge in [0.1, 0.15) is 18.2 Å². The zero-order chi connectivity index (χ0) is 21.0. The number of aryl methyl sites for hydroxylation is 2. The molecule has 0 spiro atoms. The summed E-state index contributed by atoms with van der Waals surface area (Å²) in [6, 6.07) is 8.67. The van der Waals surface area contributed by atoms with E-state index >= 15 is 0 Å². The Morgan fingerprint density at radius 3 is 2.55 bits per heavy atom. The summed E-state index contributed by atoms with van der Waals surface area (Å²) in [6.45, 7) is 4.00. The molecule has 0 unspecified atom stereocenters. The number of methoxy groups -OCH3 is 1. The highest BCUT2D eigenvalue weighted by Gasteiger charge is 2.14. The van der Waals surface area contributed by atoms with Gasteiger partial charge < -0.3 is 24.2 Å². The molecule has 1 N–H and O–H groups in total. The molecule has 0 saturated carbocycles. The first-order chi connectivity index (χ1) is 13.9. The SMILES string of the molecule is COc1cc(C(=O)Nc2ccc(N(C)C)nc2)ccc1OCc1c(C)noc1C. The Labute approximate surface area is 169 Å². The van der Waals surface area contributed by atoms with Crippen LogP contribution in [0.25, 0.3) is 0 Å². The number of carbonyl (C=O) groups excluding carboxylic acids is 1. The normalized spacial score (nSPS) is 10.5. The first-order valence-corrected chi connectivity index (χ1v) is 9.06. The lowest BCUT2D eigenvalue weighted by Crippen LogP contribution is -2.14. The molecule has 3 rings (SSSR count). The molecule has 8 nitrogen and oxygen atoms in total. The van der Waals surface area contributed by atoms with E-state index in [1.807, 2.05) is 38.9 Å². The lowest BCUT2D eigenvalue weighted by molar-refractivity contribution is 0.102. The number of pyridine rings is 1. The fourth-order valence-electron chi connectivity index (χ4n) is 2.71. The Hall–Kier alpha value is -3.55. The van der Waals surface area contributed by atoms with E-state index in [1.165, 1.54) is 7.11 Å². The summed E-state index contributed by atoms with van der Waals surface area (Å²) in [6.07, 6.45) is 1.62. The number of hydrogen-bond acceptors (Lipinski definition) is 7. The molecule has 0 radical (unpaired) electrons. The number of hydrogen-bond donors (Lipinski definition) is 1. The second-order valence-electron chi connectivity index (χ2n) is 6.71. The van der Waals surface area contributed by atoms with Crippen LogP contribution < -0.4 is 19.7 Å². The number of carbonyl (C=O) groups is 1. The van der Waals surface area contributed by atoms with E-state index in [1.54, 1.807) is 30.5 Å². The predicted molar refractivity (Wildman–Crippen MR) is 110 cm³/mol. The van der Waals surface area contributed by atoms with Crippen molar-refractivity contribution in [2.75, 3.05) is 31.4 Å². The standard InChI is InChI=1S/C21H24N4O4/c1-13-17(14(2)29-24-13)12-28-18-8-6-15(10-19(18)27-5)21(26)23-16-7-9-20(22-11-16)25(3)4/h6-11H,12H2,1-5H3,(H,23,26). The zero-order valence-corrected chi connectivity index (χ0v) is 17.1. The molecule has 2 heterocycles. The number of nitrogens with one attached hydrogen (secondary N) is 1. The van der Waals surface area contributed by atoms with Crippen LogP contribution in [0, 0.1) is 13.8 Å². The quantitative estimate of drug-likeness (QED) is 0.653. The van der Waals surface area contributed by atoms with Crippen LogP contribution >= 0.6 is 0 Å². The predicted octanol–water partition coefficient (Wildman–Crippen LogP) is 3.59. The van der Waals surface area contributed by atoms with Gasteiger partial charge in [-0.25, -0.2) is 4.98 Å². The van der Waals surface area contributed by atoms with E-state index in [2.05, 4.69) is 15.5 Å². The van der Waals surface area contributed by atoms with Gasteiger partial charge in [-0.2, -0.15) is 0 Å². The lowest BCUT2D eigenvalue weighted by atomic mass is 10.1. The summed E-state index contributed by atoms with van der Waals surface area (Å²) in [5.74, 6) is 2.25. The molecule has 0 aliphatic carbocycles. The van der Waals surface area contributed by atoms with Gasteiger partial charge in [0.25, 0.3) is 5.91 Å². The van der Waals surface area contributed by atoms with Crippen molar-refractivity contribution >= 4 is 17.4 Å². The third-order valence-corrected chi connectivity index (χ3v) is 4.44. The minimum atomic E-state index is -0.264. The van der Waals surface area contributed by atoms with Gasteiger partial charge in [-0.15, -0.1) is 0 Å². The molecule has 29 heavy (non-hydrogen) atoms. The number of benzene rings is 1. The lowest BCUT2D eigenvalue weighted by Gasteiger charge is -2.13.